The molecular formula is C16H18FNO3S. The van der Waals surface area contributed by atoms with Gasteiger partial charge >= 0.3 is 0 Å². The third-order valence-electron chi connectivity index (χ3n) is 3.20. The van der Waals surface area contributed by atoms with Crippen LogP contribution in [-0.2, 0) is 4.79 Å². The predicted molar refractivity (Wildman–Crippen MR) is 83.6 cm³/mol. The van der Waals surface area contributed by atoms with Crippen molar-refractivity contribution in [1.29, 1.82) is 0 Å². The van der Waals surface area contributed by atoms with Gasteiger partial charge in [-0.1, -0.05) is 0 Å². The first-order valence-corrected chi connectivity index (χ1v) is 7.87. The molecule has 0 aliphatic heterocycles. The van der Waals surface area contributed by atoms with Crippen LogP contribution in [0.25, 0.3) is 0 Å². The van der Waals surface area contributed by atoms with Crippen LogP contribution >= 0.6 is 11.3 Å². The largest absolute Gasteiger partial charge is 0.491 e. The third-order valence-corrected chi connectivity index (χ3v) is 3.91. The third kappa shape index (κ3) is 4.82. The fraction of sp³-hybridized carbons (Fsp3) is 0.312. The molecule has 2 aromatic rings. The molecule has 4 nitrogen and oxygen atoms in total. The Morgan fingerprint density at radius 2 is 2.09 bits per heavy atom. The topological polar surface area (TPSA) is 58.6 Å². The quantitative estimate of drug-likeness (QED) is 0.823. The van der Waals surface area contributed by atoms with Crippen molar-refractivity contribution < 1.29 is 19.0 Å². The van der Waals surface area contributed by atoms with Gasteiger partial charge < -0.3 is 15.2 Å². The molecule has 1 amide bonds. The zero-order valence-electron chi connectivity index (χ0n) is 12.2. The number of carbonyl (C=O) groups is 1. The minimum atomic E-state index is -0.830. The van der Waals surface area contributed by atoms with Crippen LogP contribution in [-0.4, -0.2) is 30.3 Å². The van der Waals surface area contributed by atoms with Gasteiger partial charge in [-0.15, -0.1) is 0 Å². The number of nitrogens with one attached hydrogen (secondary N) is 1. The van der Waals surface area contributed by atoms with Crippen molar-refractivity contribution in [3.8, 4) is 5.75 Å². The zero-order chi connectivity index (χ0) is 15.9. The van der Waals surface area contributed by atoms with E-state index in [0.29, 0.717) is 5.75 Å². The van der Waals surface area contributed by atoms with E-state index in [1.54, 1.807) is 11.3 Å². The van der Waals surface area contributed by atoms with E-state index in [0.717, 1.165) is 5.56 Å². The van der Waals surface area contributed by atoms with Gasteiger partial charge in [0.25, 0.3) is 0 Å². The molecule has 2 atom stereocenters. The Morgan fingerprint density at radius 3 is 2.73 bits per heavy atom. The molecular weight excluding hydrogens is 305 g/mol. The summed E-state index contributed by atoms with van der Waals surface area (Å²) in [6, 6.07) is 7.44. The number of benzene rings is 1. The Labute approximate surface area is 132 Å². The van der Waals surface area contributed by atoms with Crippen molar-refractivity contribution in [3.05, 3.63) is 52.5 Å². The predicted octanol–water partition coefficient (Wildman–Crippen LogP) is 2.55. The smallest absolute Gasteiger partial charge is 0.227 e. The molecule has 0 saturated carbocycles. The van der Waals surface area contributed by atoms with E-state index in [1.807, 2.05) is 23.8 Å². The molecule has 2 unspecified atom stereocenters. The van der Waals surface area contributed by atoms with Crippen molar-refractivity contribution in [2.45, 2.75) is 18.9 Å². The lowest BCUT2D eigenvalue weighted by molar-refractivity contribution is -0.122. The van der Waals surface area contributed by atoms with Crippen LogP contribution in [0.3, 0.4) is 0 Å². The average Bonchev–Trinajstić information content (AvgIpc) is 3.05. The monoisotopic (exact) mass is 323 g/mol. The molecule has 0 spiro atoms. The molecule has 0 fully saturated rings. The molecule has 22 heavy (non-hydrogen) atoms. The van der Waals surface area contributed by atoms with Crippen LogP contribution in [0.15, 0.2) is 41.1 Å². The summed E-state index contributed by atoms with van der Waals surface area (Å²) in [4.78, 5) is 12.0. The number of aliphatic hydroxyl groups is 1. The maximum absolute atomic E-state index is 12.7. The first kappa shape index (κ1) is 16.5. The highest BCUT2D eigenvalue weighted by atomic mass is 32.1. The van der Waals surface area contributed by atoms with Crippen molar-refractivity contribution in [2.24, 2.45) is 0 Å². The lowest BCUT2D eigenvalue weighted by Gasteiger charge is -2.15. The Balaban J connectivity index is 1.72. The van der Waals surface area contributed by atoms with Gasteiger partial charge in [-0.2, -0.15) is 11.3 Å². The Morgan fingerprint density at radius 1 is 1.36 bits per heavy atom. The van der Waals surface area contributed by atoms with E-state index in [4.69, 9.17) is 4.74 Å². The van der Waals surface area contributed by atoms with Crippen LogP contribution in [0, 0.1) is 5.82 Å². The standard InChI is InChI=1S/C16H18FNO3S/c1-11(12-6-7-22-10-12)16(20)18-8-14(19)9-21-15-4-2-13(17)3-5-15/h2-7,10-11,14,19H,8-9H2,1H3,(H,18,20). The first-order valence-electron chi connectivity index (χ1n) is 6.92. The van der Waals surface area contributed by atoms with Gasteiger partial charge in [0.1, 0.15) is 24.3 Å². The SMILES string of the molecule is CC(C(=O)NCC(O)COc1ccc(F)cc1)c1ccsc1. The number of rotatable bonds is 7. The molecule has 1 heterocycles. The number of halogens is 1. The Kier molecular flexibility index (Phi) is 5.91. The second kappa shape index (κ2) is 7.91. The van der Waals surface area contributed by atoms with Crippen molar-refractivity contribution in [2.75, 3.05) is 13.2 Å². The molecule has 118 valence electrons. The van der Waals surface area contributed by atoms with Gasteiger partial charge in [0.2, 0.25) is 5.91 Å². The summed E-state index contributed by atoms with van der Waals surface area (Å²) in [6.45, 7) is 1.95. The summed E-state index contributed by atoms with van der Waals surface area (Å²) in [6.07, 6.45) is -0.830. The van der Waals surface area contributed by atoms with Crippen molar-refractivity contribution in [3.63, 3.8) is 0 Å². The van der Waals surface area contributed by atoms with Gasteiger partial charge in [-0.3, -0.25) is 4.79 Å². The number of ether oxygens (including phenoxy) is 1. The molecule has 2 rings (SSSR count). The van der Waals surface area contributed by atoms with Crippen molar-refractivity contribution in [1.82, 2.24) is 5.32 Å². The van der Waals surface area contributed by atoms with E-state index < -0.39 is 6.10 Å². The van der Waals surface area contributed by atoms with E-state index >= 15 is 0 Å². The molecule has 0 bridgehead atoms. The summed E-state index contributed by atoms with van der Waals surface area (Å²) < 4.78 is 18.1. The van der Waals surface area contributed by atoms with E-state index in [-0.39, 0.29) is 30.8 Å². The molecule has 0 aliphatic carbocycles. The maximum Gasteiger partial charge on any atom is 0.227 e. The fourth-order valence-electron chi connectivity index (χ4n) is 1.83. The number of hydrogen-bond donors (Lipinski definition) is 2. The second-order valence-electron chi connectivity index (χ2n) is 4.94. The summed E-state index contributed by atoms with van der Waals surface area (Å²) in [5, 5.41) is 16.4. The van der Waals surface area contributed by atoms with Gasteiger partial charge in [-0.05, 0) is 53.6 Å². The molecule has 0 saturated heterocycles. The molecule has 2 N–H and O–H groups in total. The maximum atomic E-state index is 12.7. The minimum absolute atomic E-state index is 0.0265. The van der Waals surface area contributed by atoms with Gasteiger partial charge in [0, 0.05) is 6.54 Å². The first-order chi connectivity index (χ1) is 10.6. The highest BCUT2D eigenvalue weighted by Gasteiger charge is 2.16. The molecule has 6 heteroatoms. The lowest BCUT2D eigenvalue weighted by atomic mass is 10.0. The molecule has 1 aromatic carbocycles. The normalized spacial score (nSPS) is 13.4. The van der Waals surface area contributed by atoms with Crippen LogP contribution in [0.1, 0.15) is 18.4 Å². The van der Waals surface area contributed by atoms with Crippen LogP contribution in [0.2, 0.25) is 0 Å². The fourth-order valence-corrected chi connectivity index (χ4v) is 2.58. The number of aliphatic hydroxyl groups excluding tert-OH is 1. The van der Waals surface area contributed by atoms with Crippen molar-refractivity contribution >= 4 is 17.2 Å². The van der Waals surface area contributed by atoms with Gasteiger partial charge in [-0.25, -0.2) is 4.39 Å². The average molecular weight is 323 g/mol. The van der Waals surface area contributed by atoms with Crippen LogP contribution < -0.4 is 10.1 Å². The highest BCUT2D eigenvalue weighted by molar-refractivity contribution is 7.08. The molecule has 1 aromatic heterocycles. The molecule has 0 radical (unpaired) electrons. The zero-order valence-corrected chi connectivity index (χ0v) is 13.0. The number of hydrogen-bond acceptors (Lipinski definition) is 4. The summed E-state index contributed by atoms with van der Waals surface area (Å²) >= 11 is 1.54. The molecule has 0 aliphatic rings. The van der Waals surface area contributed by atoms with E-state index in [2.05, 4.69) is 5.32 Å². The second-order valence-corrected chi connectivity index (χ2v) is 5.72. The Bertz CT molecular complexity index is 586. The number of thiophene rings is 1. The Hall–Kier alpha value is -1.92. The van der Waals surface area contributed by atoms with Crippen LogP contribution in [0.5, 0.6) is 5.75 Å². The van der Waals surface area contributed by atoms with Gasteiger partial charge in [0.15, 0.2) is 0 Å². The highest BCUT2D eigenvalue weighted by Crippen LogP contribution is 2.18. The van der Waals surface area contributed by atoms with E-state index in [1.165, 1.54) is 24.3 Å². The van der Waals surface area contributed by atoms with Gasteiger partial charge in [0.05, 0.1) is 5.92 Å². The van der Waals surface area contributed by atoms with E-state index in [9.17, 15) is 14.3 Å². The summed E-state index contributed by atoms with van der Waals surface area (Å²) in [7, 11) is 0. The number of carbonyl (C=O) groups excluding carboxylic acids is 1. The lowest BCUT2D eigenvalue weighted by Crippen LogP contribution is -2.37. The summed E-state index contributed by atoms with van der Waals surface area (Å²) in [5.74, 6) is -0.267. The summed E-state index contributed by atoms with van der Waals surface area (Å²) in [5.41, 5.74) is 0.958. The number of amides is 1. The minimum Gasteiger partial charge on any atom is -0.491 e. The van der Waals surface area contributed by atoms with Crippen LogP contribution in [0.4, 0.5) is 4.39 Å².